The molecule has 0 saturated carbocycles. The van der Waals surface area contributed by atoms with Gasteiger partial charge in [-0.25, -0.2) is 0 Å². The van der Waals surface area contributed by atoms with Crippen LogP contribution in [-0.4, -0.2) is 30.2 Å². The van der Waals surface area contributed by atoms with Crippen molar-refractivity contribution in [1.29, 1.82) is 0 Å². The predicted molar refractivity (Wildman–Crippen MR) is 74.0 cm³/mol. The molecular formula is C14H8O7S. The fourth-order valence-electron chi connectivity index (χ4n) is 2.35. The number of hydrogen-bond acceptors (Lipinski definition) is 7. The molecule has 0 aromatic heterocycles. The number of benzene rings is 2. The molecular weight excluding hydrogens is 312 g/mol. The van der Waals surface area contributed by atoms with E-state index in [1.54, 1.807) is 12.1 Å². The van der Waals surface area contributed by atoms with E-state index in [-0.39, 0.29) is 22.3 Å². The molecule has 0 aliphatic heterocycles. The quantitative estimate of drug-likeness (QED) is 0.471. The largest absolute Gasteiger partial charge is 0.504 e. The summed E-state index contributed by atoms with van der Waals surface area (Å²) in [6, 6.07) is 6.92. The molecule has 0 heterocycles. The molecule has 0 unspecified atom stereocenters. The fraction of sp³-hybridized carbons (Fsp3) is 0. The van der Waals surface area contributed by atoms with E-state index in [1.807, 2.05) is 0 Å². The van der Waals surface area contributed by atoms with Gasteiger partial charge in [-0.05, 0) is 6.07 Å². The molecule has 0 saturated heterocycles. The molecule has 0 radical (unpaired) electrons. The molecule has 3 rings (SSSR count). The number of ketones is 2. The SMILES string of the molecule is O=C1c2ccccc2C(=O)c2c1cc(O[SH](=O)=O)c(O)c2O. The second-order valence-electron chi connectivity index (χ2n) is 4.51. The summed E-state index contributed by atoms with van der Waals surface area (Å²) < 4.78 is 25.6. The summed E-state index contributed by atoms with van der Waals surface area (Å²) >= 11 is 0. The third kappa shape index (κ3) is 1.92. The first-order valence-electron chi connectivity index (χ1n) is 6.01. The van der Waals surface area contributed by atoms with Crippen LogP contribution in [0.1, 0.15) is 31.8 Å². The summed E-state index contributed by atoms with van der Waals surface area (Å²) in [6.07, 6.45) is 0. The molecule has 0 amide bonds. The highest BCUT2D eigenvalue weighted by atomic mass is 32.2. The minimum atomic E-state index is -3.36. The third-order valence-electron chi connectivity index (χ3n) is 3.30. The number of carbonyl (C=O) groups is 2. The van der Waals surface area contributed by atoms with Gasteiger partial charge in [-0.1, -0.05) is 24.3 Å². The highest BCUT2D eigenvalue weighted by Crippen LogP contribution is 2.44. The Labute approximate surface area is 125 Å². The predicted octanol–water partition coefficient (Wildman–Crippen LogP) is 0.778. The van der Waals surface area contributed by atoms with Crippen LogP contribution in [0.15, 0.2) is 30.3 Å². The maximum atomic E-state index is 12.4. The van der Waals surface area contributed by atoms with Gasteiger partial charge < -0.3 is 14.4 Å². The van der Waals surface area contributed by atoms with Crippen LogP contribution in [0.4, 0.5) is 0 Å². The van der Waals surface area contributed by atoms with Crippen LogP contribution in [0.3, 0.4) is 0 Å². The van der Waals surface area contributed by atoms with Crippen LogP contribution in [0.5, 0.6) is 17.2 Å². The Morgan fingerprint density at radius 1 is 0.864 bits per heavy atom. The fourth-order valence-corrected chi connectivity index (χ4v) is 2.65. The summed E-state index contributed by atoms with van der Waals surface area (Å²) in [6.45, 7) is 0. The number of phenolic OH excluding ortho intramolecular Hbond substituents is 2. The van der Waals surface area contributed by atoms with Crippen molar-refractivity contribution in [3.63, 3.8) is 0 Å². The van der Waals surface area contributed by atoms with Crippen LogP contribution < -0.4 is 4.18 Å². The first kappa shape index (κ1) is 14.1. The van der Waals surface area contributed by atoms with Crippen LogP contribution in [0, 0.1) is 0 Å². The Balaban J connectivity index is 2.31. The summed E-state index contributed by atoms with van der Waals surface area (Å²) in [4.78, 5) is 24.8. The van der Waals surface area contributed by atoms with Gasteiger partial charge in [-0.3, -0.25) is 9.59 Å². The molecule has 2 aromatic carbocycles. The lowest BCUT2D eigenvalue weighted by molar-refractivity contribution is 0.0976. The van der Waals surface area contributed by atoms with Crippen molar-refractivity contribution >= 4 is 22.6 Å². The number of phenols is 2. The molecule has 1 aliphatic carbocycles. The van der Waals surface area contributed by atoms with Gasteiger partial charge in [0, 0.05) is 16.7 Å². The zero-order valence-electron chi connectivity index (χ0n) is 10.8. The summed E-state index contributed by atoms with van der Waals surface area (Å²) in [7, 11) is -3.36. The second kappa shape index (κ2) is 4.85. The Kier molecular flexibility index (Phi) is 3.10. The van der Waals surface area contributed by atoms with Gasteiger partial charge >= 0.3 is 0 Å². The maximum absolute atomic E-state index is 12.4. The topological polar surface area (TPSA) is 118 Å². The van der Waals surface area contributed by atoms with Crippen LogP contribution in [0.2, 0.25) is 0 Å². The zero-order valence-corrected chi connectivity index (χ0v) is 11.7. The molecule has 7 nitrogen and oxygen atoms in total. The van der Waals surface area contributed by atoms with E-state index in [9.17, 15) is 28.2 Å². The minimum Gasteiger partial charge on any atom is -0.504 e. The Morgan fingerprint density at radius 2 is 1.45 bits per heavy atom. The number of aromatic hydroxyl groups is 2. The molecule has 22 heavy (non-hydrogen) atoms. The smallest absolute Gasteiger partial charge is 0.299 e. The Hall–Kier alpha value is -2.87. The summed E-state index contributed by atoms with van der Waals surface area (Å²) in [5, 5.41) is 19.7. The van der Waals surface area contributed by atoms with Crippen LogP contribution in [0.25, 0.3) is 0 Å². The molecule has 0 fully saturated rings. The van der Waals surface area contributed by atoms with Gasteiger partial charge in [-0.2, -0.15) is 8.42 Å². The third-order valence-corrected chi connectivity index (χ3v) is 3.65. The maximum Gasteiger partial charge on any atom is 0.299 e. The van der Waals surface area contributed by atoms with Gasteiger partial charge in [0.05, 0.1) is 5.56 Å². The molecule has 0 atom stereocenters. The Morgan fingerprint density at radius 3 is 2.05 bits per heavy atom. The number of thiol groups is 1. The van der Waals surface area contributed by atoms with Crippen molar-refractivity contribution in [2.75, 3.05) is 0 Å². The van der Waals surface area contributed by atoms with Crippen molar-refractivity contribution in [2.24, 2.45) is 0 Å². The minimum absolute atomic E-state index is 0.0956. The molecule has 1 aliphatic rings. The number of carbonyl (C=O) groups excluding carboxylic acids is 2. The van der Waals surface area contributed by atoms with E-state index < -0.39 is 39.8 Å². The zero-order chi connectivity index (χ0) is 16.0. The van der Waals surface area contributed by atoms with Crippen LogP contribution in [-0.2, 0) is 11.0 Å². The molecule has 8 heteroatoms. The van der Waals surface area contributed by atoms with E-state index in [0.717, 1.165) is 6.07 Å². The van der Waals surface area contributed by atoms with Gasteiger partial charge in [0.15, 0.2) is 23.1 Å². The van der Waals surface area contributed by atoms with Gasteiger partial charge in [0.1, 0.15) is 0 Å². The molecule has 112 valence electrons. The van der Waals surface area contributed by atoms with Crippen molar-refractivity contribution < 1.29 is 32.4 Å². The first-order chi connectivity index (χ1) is 10.4. The molecule has 0 spiro atoms. The van der Waals surface area contributed by atoms with Crippen molar-refractivity contribution in [1.82, 2.24) is 0 Å². The number of hydrogen-bond donors (Lipinski definition) is 3. The first-order valence-corrected chi connectivity index (χ1v) is 7.11. The molecule has 2 aromatic rings. The molecule has 2 N–H and O–H groups in total. The summed E-state index contributed by atoms with van der Waals surface area (Å²) in [5.74, 6) is -3.65. The highest BCUT2D eigenvalue weighted by molar-refractivity contribution is 7.67. The lowest BCUT2D eigenvalue weighted by Gasteiger charge is -2.19. The average molecular weight is 320 g/mol. The van der Waals surface area contributed by atoms with Crippen LogP contribution >= 0.6 is 0 Å². The van der Waals surface area contributed by atoms with E-state index in [0.29, 0.717) is 0 Å². The van der Waals surface area contributed by atoms with E-state index in [1.165, 1.54) is 12.1 Å². The lowest BCUT2D eigenvalue weighted by Crippen LogP contribution is -2.21. The van der Waals surface area contributed by atoms with Gasteiger partial charge in [0.25, 0.3) is 11.0 Å². The van der Waals surface area contributed by atoms with Crippen molar-refractivity contribution in [2.45, 2.75) is 0 Å². The van der Waals surface area contributed by atoms with Crippen molar-refractivity contribution in [3.05, 3.63) is 52.6 Å². The standard InChI is InChI=1S/C14H8O7S/c15-11-6-3-1-2-4-7(6)12(16)10-8(11)5-9(21-22(19)20)13(17)14(10)18/h1-5,17-18,22H. The van der Waals surface area contributed by atoms with Crippen molar-refractivity contribution in [3.8, 4) is 17.2 Å². The number of rotatable bonds is 2. The monoisotopic (exact) mass is 320 g/mol. The normalized spacial score (nSPS) is 13.0. The van der Waals surface area contributed by atoms with E-state index >= 15 is 0 Å². The van der Waals surface area contributed by atoms with Gasteiger partial charge in [0.2, 0.25) is 5.75 Å². The van der Waals surface area contributed by atoms with Gasteiger partial charge in [-0.15, -0.1) is 0 Å². The number of fused-ring (bicyclic) bond motifs is 2. The highest BCUT2D eigenvalue weighted by Gasteiger charge is 2.34. The van der Waals surface area contributed by atoms with E-state index in [2.05, 4.69) is 4.18 Å². The Bertz CT molecular complexity index is 904. The second-order valence-corrected chi connectivity index (χ2v) is 5.14. The molecule has 0 bridgehead atoms. The summed E-state index contributed by atoms with van der Waals surface area (Å²) in [5.41, 5.74) is -0.388. The van der Waals surface area contributed by atoms with E-state index in [4.69, 9.17) is 0 Å². The lowest BCUT2D eigenvalue weighted by atomic mass is 9.83. The average Bonchev–Trinajstić information content (AvgIpc) is 2.49.